The Morgan fingerprint density at radius 1 is 0.857 bits per heavy atom. The molecule has 1 aliphatic rings. The number of hydrogen-bond donors (Lipinski definition) is 0. The lowest BCUT2D eigenvalue weighted by Gasteiger charge is -2.25. The molecule has 0 bridgehead atoms. The van der Waals surface area contributed by atoms with Gasteiger partial charge in [0.05, 0.1) is 0 Å². The second-order valence-corrected chi connectivity index (χ2v) is 4.02. The molecule has 0 spiro atoms. The molecule has 0 saturated heterocycles. The molecule has 0 amide bonds. The molecule has 1 aliphatic carbocycles. The molecule has 0 radical (unpaired) electrons. The summed E-state index contributed by atoms with van der Waals surface area (Å²) < 4.78 is 72.0. The molecule has 0 aromatic carbocycles. The lowest BCUT2D eigenvalue weighted by atomic mass is 10.1. The van der Waals surface area contributed by atoms with E-state index in [2.05, 4.69) is 11.6 Å². The highest BCUT2D eigenvalue weighted by molar-refractivity contribution is 9.10. The largest absolute Gasteiger partial charge is 0.291 e. The highest BCUT2D eigenvalue weighted by Crippen LogP contribution is 2.53. The molecule has 8 heteroatoms. The number of halogens is 8. The Kier molecular flexibility index (Phi) is 2.69. The van der Waals surface area contributed by atoms with Gasteiger partial charge in [0.15, 0.2) is 23.3 Å². The monoisotopic (exact) mass is 300 g/mol. The summed E-state index contributed by atoms with van der Waals surface area (Å²) in [7, 11) is 0. The van der Waals surface area contributed by atoms with E-state index in [0.717, 1.165) is 0 Å². The molecule has 0 N–H and O–H groups in total. The maximum absolute atomic E-state index is 12.8. The van der Waals surface area contributed by atoms with Crippen LogP contribution in [0.25, 0.3) is 0 Å². The van der Waals surface area contributed by atoms with Crippen molar-refractivity contribution in [2.24, 2.45) is 0 Å². The fourth-order valence-electron chi connectivity index (χ4n) is 0.744. The standard InChI is InChI=1S/C6BrClF6/c7-5(13)1(9)3(11)6(8,14)4(12)2(5)10. The van der Waals surface area contributed by atoms with Gasteiger partial charge in [0.1, 0.15) is 0 Å². The van der Waals surface area contributed by atoms with Crippen molar-refractivity contribution in [3.63, 3.8) is 0 Å². The first-order valence-corrected chi connectivity index (χ1v) is 4.18. The van der Waals surface area contributed by atoms with Gasteiger partial charge in [-0.3, -0.25) is 0 Å². The molecule has 0 aromatic heterocycles. The molecule has 0 unspecified atom stereocenters. The first-order valence-electron chi connectivity index (χ1n) is 3.01. The normalized spacial score (nSPS) is 39.4. The average molecular weight is 301 g/mol. The van der Waals surface area contributed by atoms with Crippen molar-refractivity contribution in [3.8, 4) is 0 Å². The molecule has 0 nitrogen and oxygen atoms in total. The predicted octanol–water partition coefficient (Wildman–Crippen LogP) is 4.27. The van der Waals surface area contributed by atoms with E-state index in [1.54, 1.807) is 15.9 Å². The van der Waals surface area contributed by atoms with Crippen LogP contribution in [-0.4, -0.2) is 9.71 Å². The fraction of sp³-hybridized carbons (Fsp3) is 0.333. The highest BCUT2D eigenvalue weighted by Gasteiger charge is 2.57. The van der Waals surface area contributed by atoms with Gasteiger partial charge in [-0.25, -0.2) is 26.3 Å². The van der Waals surface area contributed by atoms with Crippen LogP contribution >= 0.6 is 27.5 Å². The average Bonchev–Trinajstić information content (AvgIpc) is 2.11. The summed E-state index contributed by atoms with van der Waals surface area (Å²) in [4.78, 5) is 0. The van der Waals surface area contributed by atoms with Crippen molar-refractivity contribution in [2.75, 3.05) is 0 Å². The first-order chi connectivity index (χ1) is 6.13. The number of rotatable bonds is 0. The van der Waals surface area contributed by atoms with E-state index in [0.29, 0.717) is 0 Å². The topological polar surface area (TPSA) is 0 Å². The van der Waals surface area contributed by atoms with Gasteiger partial charge in [-0.05, 0) is 15.9 Å². The summed E-state index contributed by atoms with van der Waals surface area (Å²) in [5.74, 6) is -10.1. The summed E-state index contributed by atoms with van der Waals surface area (Å²) in [5, 5.41) is -4.13. The van der Waals surface area contributed by atoms with Crippen molar-refractivity contribution in [1.82, 2.24) is 0 Å². The summed E-state index contributed by atoms with van der Waals surface area (Å²) in [6.45, 7) is 0. The molecular formula is C6BrClF6. The number of alkyl halides is 4. The smallest absolute Gasteiger partial charge is 0.215 e. The van der Waals surface area contributed by atoms with Gasteiger partial charge >= 0.3 is 0 Å². The zero-order valence-corrected chi connectivity index (χ0v) is 8.37. The molecule has 0 aromatic rings. The third-order valence-electron chi connectivity index (χ3n) is 1.49. The Bertz CT molecular complexity index is 282. The molecular weight excluding hydrogens is 301 g/mol. The van der Waals surface area contributed by atoms with E-state index in [1.165, 1.54) is 0 Å². The van der Waals surface area contributed by atoms with Crippen LogP contribution in [0, 0.1) is 0 Å². The van der Waals surface area contributed by atoms with Crippen molar-refractivity contribution in [1.29, 1.82) is 0 Å². The summed E-state index contributed by atoms with van der Waals surface area (Å²) in [6, 6.07) is 0. The van der Waals surface area contributed by atoms with Gasteiger partial charge < -0.3 is 0 Å². The van der Waals surface area contributed by atoms with E-state index in [-0.39, 0.29) is 0 Å². The van der Waals surface area contributed by atoms with Crippen LogP contribution in [0.3, 0.4) is 0 Å². The van der Waals surface area contributed by atoms with Crippen LogP contribution in [-0.2, 0) is 0 Å². The first kappa shape index (κ1) is 11.9. The Labute approximate surface area is 87.3 Å². The lowest BCUT2D eigenvalue weighted by Crippen LogP contribution is -2.32. The van der Waals surface area contributed by atoms with Crippen LogP contribution in [0.5, 0.6) is 0 Å². The van der Waals surface area contributed by atoms with Crippen LogP contribution in [0.2, 0.25) is 0 Å². The number of hydrogen-bond acceptors (Lipinski definition) is 0. The van der Waals surface area contributed by atoms with E-state index >= 15 is 0 Å². The minimum atomic E-state index is -4.13. The van der Waals surface area contributed by atoms with Crippen LogP contribution in [0.4, 0.5) is 26.3 Å². The van der Waals surface area contributed by atoms with E-state index in [4.69, 9.17) is 0 Å². The van der Waals surface area contributed by atoms with E-state index in [1.807, 2.05) is 0 Å². The van der Waals surface area contributed by atoms with E-state index < -0.39 is 33.0 Å². The Hall–Kier alpha value is -0.170. The van der Waals surface area contributed by atoms with Gasteiger partial charge in [-0.15, -0.1) is 0 Å². The molecule has 0 fully saturated rings. The summed E-state index contributed by atoms with van der Waals surface area (Å²) in [6.07, 6.45) is 0. The van der Waals surface area contributed by atoms with Gasteiger partial charge in [-0.2, -0.15) is 0 Å². The minimum absolute atomic E-state index is 1.72. The summed E-state index contributed by atoms with van der Waals surface area (Å²) in [5.41, 5.74) is 0. The van der Waals surface area contributed by atoms with Gasteiger partial charge in [0, 0.05) is 0 Å². The van der Waals surface area contributed by atoms with Gasteiger partial charge in [-0.1, -0.05) is 11.6 Å². The second-order valence-electron chi connectivity index (χ2n) is 2.40. The third-order valence-corrected chi connectivity index (χ3v) is 2.52. The molecule has 1 rings (SSSR count). The molecule has 0 heterocycles. The summed E-state index contributed by atoms with van der Waals surface area (Å²) >= 11 is 6.21. The minimum Gasteiger partial charge on any atom is -0.215 e. The predicted molar refractivity (Wildman–Crippen MR) is 40.9 cm³/mol. The molecule has 0 atom stereocenters. The van der Waals surface area contributed by atoms with Gasteiger partial charge in [0.2, 0.25) is 0 Å². The second kappa shape index (κ2) is 3.16. The van der Waals surface area contributed by atoms with Crippen molar-refractivity contribution < 1.29 is 26.3 Å². The lowest BCUT2D eigenvalue weighted by molar-refractivity contribution is 0.190. The van der Waals surface area contributed by atoms with Crippen molar-refractivity contribution >= 4 is 27.5 Å². The maximum Gasteiger partial charge on any atom is 0.291 e. The van der Waals surface area contributed by atoms with Crippen LogP contribution < -0.4 is 0 Å². The number of allylic oxidation sites excluding steroid dienone is 4. The molecule has 0 aliphatic heterocycles. The zero-order valence-electron chi connectivity index (χ0n) is 6.02. The quantitative estimate of drug-likeness (QED) is 0.463. The van der Waals surface area contributed by atoms with E-state index in [9.17, 15) is 26.3 Å². The maximum atomic E-state index is 12.8. The Morgan fingerprint density at radius 2 is 1.14 bits per heavy atom. The molecule has 0 saturated carbocycles. The van der Waals surface area contributed by atoms with Crippen molar-refractivity contribution in [3.05, 3.63) is 23.3 Å². The molecule has 80 valence electrons. The highest BCUT2D eigenvalue weighted by atomic mass is 79.9. The van der Waals surface area contributed by atoms with Crippen LogP contribution in [0.1, 0.15) is 0 Å². The van der Waals surface area contributed by atoms with Crippen molar-refractivity contribution in [2.45, 2.75) is 9.71 Å². The zero-order chi connectivity index (χ0) is 11.3. The van der Waals surface area contributed by atoms with Crippen LogP contribution in [0.15, 0.2) is 23.3 Å². The fourth-order valence-corrected chi connectivity index (χ4v) is 1.26. The third kappa shape index (κ3) is 1.37. The Morgan fingerprint density at radius 3 is 1.43 bits per heavy atom. The molecule has 14 heavy (non-hydrogen) atoms. The Balaban J connectivity index is 3.46. The van der Waals surface area contributed by atoms with Gasteiger partial charge in [0.25, 0.3) is 9.71 Å². The SMILES string of the molecule is FC1=C(F)C(F)(Br)C(F)=C(F)C1(F)Cl.